The first kappa shape index (κ1) is 11.5. The molecule has 0 saturated carbocycles. The maximum atomic E-state index is 11.6. The summed E-state index contributed by atoms with van der Waals surface area (Å²) < 4.78 is 5.35. The second-order valence-electron chi connectivity index (χ2n) is 4.34. The van der Waals surface area contributed by atoms with Crippen LogP contribution in [0.5, 0.6) is 0 Å². The van der Waals surface area contributed by atoms with Gasteiger partial charge < -0.3 is 15.8 Å². The lowest BCUT2D eigenvalue weighted by Gasteiger charge is -2.35. The summed E-state index contributed by atoms with van der Waals surface area (Å²) in [6.07, 6.45) is 1.99. The number of nitrogens with two attached hydrogens (primary N) is 1. The number of hydrogen-bond acceptors (Lipinski definition) is 3. The maximum absolute atomic E-state index is 11.6. The first-order chi connectivity index (χ1) is 6.57. The Labute approximate surface area is 85.2 Å². The average molecular weight is 200 g/mol. The molecule has 0 aromatic heterocycles. The van der Waals surface area contributed by atoms with E-state index in [9.17, 15) is 4.79 Å². The SMILES string of the molecule is CC(CN)C(=O)NC1(C)CCCOC1. The third-order valence-electron chi connectivity index (χ3n) is 2.66. The van der Waals surface area contributed by atoms with Crippen molar-refractivity contribution in [2.45, 2.75) is 32.2 Å². The zero-order valence-electron chi connectivity index (χ0n) is 9.01. The van der Waals surface area contributed by atoms with Gasteiger partial charge in [-0.2, -0.15) is 0 Å². The minimum atomic E-state index is -0.196. The van der Waals surface area contributed by atoms with Crippen molar-refractivity contribution in [1.82, 2.24) is 5.32 Å². The number of ether oxygens (including phenoxy) is 1. The van der Waals surface area contributed by atoms with Crippen molar-refractivity contribution in [2.24, 2.45) is 11.7 Å². The number of hydrogen-bond donors (Lipinski definition) is 2. The summed E-state index contributed by atoms with van der Waals surface area (Å²) in [5.41, 5.74) is 5.23. The smallest absolute Gasteiger partial charge is 0.224 e. The minimum absolute atomic E-state index is 0.0282. The van der Waals surface area contributed by atoms with Crippen molar-refractivity contribution >= 4 is 5.91 Å². The van der Waals surface area contributed by atoms with Crippen molar-refractivity contribution in [2.75, 3.05) is 19.8 Å². The molecule has 4 heteroatoms. The van der Waals surface area contributed by atoms with Gasteiger partial charge in [0.15, 0.2) is 0 Å². The van der Waals surface area contributed by atoms with Gasteiger partial charge >= 0.3 is 0 Å². The van der Waals surface area contributed by atoms with Gasteiger partial charge in [0.2, 0.25) is 5.91 Å². The molecule has 1 aliphatic rings. The van der Waals surface area contributed by atoms with Gasteiger partial charge in [0.25, 0.3) is 0 Å². The van der Waals surface area contributed by atoms with Gasteiger partial charge in [-0.05, 0) is 19.8 Å². The fourth-order valence-corrected chi connectivity index (χ4v) is 1.56. The van der Waals surface area contributed by atoms with Crippen LogP contribution in [0, 0.1) is 5.92 Å². The van der Waals surface area contributed by atoms with Crippen molar-refractivity contribution in [3.63, 3.8) is 0 Å². The highest BCUT2D eigenvalue weighted by Crippen LogP contribution is 2.18. The Kier molecular flexibility index (Phi) is 3.89. The Morgan fingerprint density at radius 1 is 1.71 bits per heavy atom. The van der Waals surface area contributed by atoms with E-state index in [0.717, 1.165) is 19.4 Å². The summed E-state index contributed by atoms with van der Waals surface area (Å²) in [6, 6.07) is 0. The molecule has 1 amide bonds. The maximum Gasteiger partial charge on any atom is 0.224 e. The molecule has 1 aliphatic heterocycles. The fraction of sp³-hybridized carbons (Fsp3) is 0.900. The van der Waals surface area contributed by atoms with Crippen molar-refractivity contribution in [1.29, 1.82) is 0 Å². The summed E-state index contributed by atoms with van der Waals surface area (Å²) in [5, 5.41) is 3.00. The standard InChI is InChI=1S/C10H20N2O2/c1-8(6-11)9(13)12-10(2)4-3-5-14-7-10/h8H,3-7,11H2,1-2H3,(H,12,13). The molecule has 1 fully saturated rings. The van der Waals surface area contributed by atoms with E-state index < -0.39 is 0 Å². The zero-order valence-corrected chi connectivity index (χ0v) is 9.01. The van der Waals surface area contributed by atoms with Gasteiger partial charge in [-0.25, -0.2) is 0 Å². The van der Waals surface area contributed by atoms with Crippen molar-refractivity contribution < 1.29 is 9.53 Å². The molecule has 0 spiro atoms. The molecule has 2 atom stereocenters. The normalized spacial score (nSPS) is 29.6. The summed E-state index contributed by atoms with van der Waals surface area (Å²) >= 11 is 0. The Bertz CT molecular complexity index is 200. The molecular weight excluding hydrogens is 180 g/mol. The number of carbonyl (C=O) groups is 1. The van der Waals surface area contributed by atoms with Gasteiger partial charge in [0.1, 0.15) is 0 Å². The molecule has 4 nitrogen and oxygen atoms in total. The van der Waals surface area contributed by atoms with Crippen LogP contribution in [0.1, 0.15) is 26.7 Å². The zero-order chi connectivity index (χ0) is 10.6. The number of rotatable bonds is 3. The highest BCUT2D eigenvalue weighted by Gasteiger charge is 2.30. The third kappa shape index (κ3) is 2.96. The topological polar surface area (TPSA) is 64.4 Å². The van der Waals surface area contributed by atoms with Crippen LogP contribution in [0.25, 0.3) is 0 Å². The van der Waals surface area contributed by atoms with E-state index in [1.807, 2.05) is 13.8 Å². The van der Waals surface area contributed by atoms with E-state index in [-0.39, 0.29) is 17.4 Å². The van der Waals surface area contributed by atoms with Crippen LogP contribution >= 0.6 is 0 Å². The molecule has 2 unspecified atom stereocenters. The monoisotopic (exact) mass is 200 g/mol. The molecule has 0 aromatic rings. The lowest BCUT2D eigenvalue weighted by atomic mass is 9.94. The van der Waals surface area contributed by atoms with Crippen LogP contribution in [-0.2, 0) is 9.53 Å². The fourth-order valence-electron chi connectivity index (χ4n) is 1.56. The Morgan fingerprint density at radius 3 is 2.93 bits per heavy atom. The molecule has 1 saturated heterocycles. The molecule has 0 aliphatic carbocycles. The molecule has 0 aromatic carbocycles. The van der Waals surface area contributed by atoms with Gasteiger partial charge in [-0.1, -0.05) is 6.92 Å². The largest absolute Gasteiger partial charge is 0.379 e. The first-order valence-electron chi connectivity index (χ1n) is 5.17. The van der Waals surface area contributed by atoms with E-state index in [1.165, 1.54) is 0 Å². The van der Waals surface area contributed by atoms with Crippen LogP contribution in [0.2, 0.25) is 0 Å². The van der Waals surface area contributed by atoms with Crippen LogP contribution in [0.3, 0.4) is 0 Å². The molecule has 3 N–H and O–H groups in total. The molecule has 0 radical (unpaired) electrons. The van der Waals surface area contributed by atoms with Crippen LogP contribution < -0.4 is 11.1 Å². The predicted octanol–water partition coefficient (Wildman–Crippen LogP) is 0.267. The van der Waals surface area contributed by atoms with Crippen LogP contribution in [0.4, 0.5) is 0 Å². The molecular formula is C10H20N2O2. The first-order valence-corrected chi connectivity index (χ1v) is 5.17. The van der Waals surface area contributed by atoms with Gasteiger partial charge in [-0.15, -0.1) is 0 Å². The van der Waals surface area contributed by atoms with E-state index in [1.54, 1.807) is 0 Å². The second kappa shape index (κ2) is 4.75. The molecule has 1 rings (SSSR count). The number of amides is 1. The molecule has 14 heavy (non-hydrogen) atoms. The predicted molar refractivity (Wildman–Crippen MR) is 54.8 cm³/mol. The van der Waals surface area contributed by atoms with E-state index in [0.29, 0.717) is 13.2 Å². The lowest BCUT2D eigenvalue weighted by molar-refractivity contribution is -0.127. The molecule has 1 heterocycles. The summed E-state index contributed by atoms with van der Waals surface area (Å²) in [6.45, 7) is 5.66. The van der Waals surface area contributed by atoms with Crippen molar-refractivity contribution in [3.8, 4) is 0 Å². The van der Waals surface area contributed by atoms with Crippen LogP contribution in [-0.4, -0.2) is 31.2 Å². The highest BCUT2D eigenvalue weighted by molar-refractivity contribution is 5.79. The van der Waals surface area contributed by atoms with Gasteiger partial charge in [-0.3, -0.25) is 4.79 Å². The van der Waals surface area contributed by atoms with E-state index >= 15 is 0 Å². The summed E-state index contributed by atoms with van der Waals surface area (Å²) in [4.78, 5) is 11.6. The van der Waals surface area contributed by atoms with E-state index in [2.05, 4.69) is 5.32 Å². The minimum Gasteiger partial charge on any atom is -0.379 e. The number of carbonyl (C=O) groups excluding carboxylic acids is 1. The number of nitrogens with one attached hydrogen (secondary N) is 1. The summed E-state index contributed by atoms with van der Waals surface area (Å²) in [5.74, 6) is -0.0887. The van der Waals surface area contributed by atoms with Crippen LogP contribution in [0.15, 0.2) is 0 Å². The molecule has 0 bridgehead atoms. The molecule has 82 valence electrons. The Morgan fingerprint density at radius 2 is 2.43 bits per heavy atom. The Balaban J connectivity index is 2.44. The van der Waals surface area contributed by atoms with Gasteiger partial charge in [0, 0.05) is 19.1 Å². The van der Waals surface area contributed by atoms with Gasteiger partial charge in [0.05, 0.1) is 12.1 Å². The third-order valence-corrected chi connectivity index (χ3v) is 2.66. The quantitative estimate of drug-likeness (QED) is 0.687. The lowest BCUT2D eigenvalue weighted by Crippen LogP contribution is -2.53. The highest BCUT2D eigenvalue weighted by atomic mass is 16.5. The van der Waals surface area contributed by atoms with E-state index in [4.69, 9.17) is 10.5 Å². The average Bonchev–Trinajstić information content (AvgIpc) is 2.17. The van der Waals surface area contributed by atoms with Crippen molar-refractivity contribution in [3.05, 3.63) is 0 Å². The summed E-state index contributed by atoms with van der Waals surface area (Å²) in [7, 11) is 0. The second-order valence-corrected chi connectivity index (χ2v) is 4.34. The Hall–Kier alpha value is -0.610.